The van der Waals surface area contributed by atoms with Crippen molar-refractivity contribution in [1.29, 1.82) is 0 Å². The van der Waals surface area contributed by atoms with Gasteiger partial charge < -0.3 is 24.4 Å². The van der Waals surface area contributed by atoms with Gasteiger partial charge in [0.15, 0.2) is 0 Å². The Bertz CT molecular complexity index is 361. The first-order valence-corrected chi connectivity index (χ1v) is 6.45. The molecule has 0 aromatic rings. The lowest BCUT2D eigenvalue weighted by Gasteiger charge is -2.32. The zero-order chi connectivity index (χ0) is 15.1. The molecule has 0 aliphatic carbocycles. The third-order valence-electron chi connectivity index (χ3n) is 3.35. The molecule has 2 amide bonds. The Morgan fingerprint density at radius 3 is 2.75 bits per heavy atom. The molecule has 2 atom stereocenters. The van der Waals surface area contributed by atoms with E-state index in [4.69, 9.17) is 14.6 Å². The van der Waals surface area contributed by atoms with E-state index in [-0.39, 0.29) is 19.2 Å². The van der Waals surface area contributed by atoms with Crippen molar-refractivity contribution in [3.63, 3.8) is 0 Å². The smallest absolute Gasteiger partial charge is 0.320 e. The molecule has 2 unspecified atom stereocenters. The van der Waals surface area contributed by atoms with E-state index in [0.29, 0.717) is 19.7 Å². The molecular weight excluding hydrogens is 264 g/mol. The standard InChI is InChI=1S/C13H22N2O5/c1-4-5-15(6-7-19-3)13(18)14(2)11-9-20-8-10(11)12(16)17/h4,10-11H,1,5-9H2,2-3H3,(H,16,17). The van der Waals surface area contributed by atoms with Crippen molar-refractivity contribution in [2.45, 2.75) is 6.04 Å². The van der Waals surface area contributed by atoms with E-state index in [0.717, 1.165) is 0 Å². The summed E-state index contributed by atoms with van der Waals surface area (Å²) in [5.41, 5.74) is 0. The summed E-state index contributed by atoms with van der Waals surface area (Å²) in [6.07, 6.45) is 1.63. The Morgan fingerprint density at radius 2 is 2.20 bits per heavy atom. The third kappa shape index (κ3) is 3.94. The van der Waals surface area contributed by atoms with Gasteiger partial charge in [-0.15, -0.1) is 6.58 Å². The fraction of sp³-hybridized carbons (Fsp3) is 0.692. The first kappa shape index (κ1) is 16.5. The average molecular weight is 286 g/mol. The lowest BCUT2D eigenvalue weighted by atomic mass is 10.0. The molecule has 114 valence electrons. The minimum atomic E-state index is -0.945. The maximum atomic E-state index is 12.4. The van der Waals surface area contributed by atoms with E-state index in [2.05, 4.69) is 6.58 Å². The number of nitrogens with zero attached hydrogens (tertiary/aromatic N) is 2. The zero-order valence-electron chi connectivity index (χ0n) is 11.9. The van der Waals surface area contributed by atoms with Gasteiger partial charge in [-0.2, -0.15) is 0 Å². The molecule has 1 N–H and O–H groups in total. The fourth-order valence-electron chi connectivity index (χ4n) is 2.15. The van der Waals surface area contributed by atoms with Gasteiger partial charge in [-0.25, -0.2) is 4.79 Å². The average Bonchev–Trinajstić information content (AvgIpc) is 2.91. The predicted molar refractivity (Wildman–Crippen MR) is 72.5 cm³/mol. The van der Waals surface area contributed by atoms with Gasteiger partial charge in [0, 0.05) is 27.2 Å². The van der Waals surface area contributed by atoms with E-state index in [1.165, 1.54) is 4.90 Å². The van der Waals surface area contributed by atoms with Gasteiger partial charge in [0.25, 0.3) is 0 Å². The molecule has 7 heteroatoms. The Kier molecular flexibility index (Phi) is 6.47. The van der Waals surface area contributed by atoms with E-state index >= 15 is 0 Å². The minimum absolute atomic E-state index is 0.136. The molecule has 0 saturated carbocycles. The molecule has 0 bridgehead atoms. The molecule has 0 aromatic carbocycles. The van der Waals surface area contributed by atoms with Gasteiger partial charge in [-0.1, -0.05) is 6.08 Å². The fourth-order valence-corrected chi connectivity index (χ4v) is 2.15. The summed E-state index contributed by atoms with van der Waals surface area (Å²) >= 11 is 0. The number of methoxy groups -OCH3 is 1. The van der Waals surface area contributed by atoms with Crippen LogP contribution in [0.1, 0.15) is 0 Å². The summed E-state index contributed by atoms with van der Waals surface area (Å²) < 4.78 is 10.2. The van der Waals surface area contributed by atoms with Gasteiger partial charge >= 0.3 is 12.0 Å². The highest BCUT2D eigenvalue weighted by molar-refractivity contribution is 5.77. The molecule has 1 heterocycles. The number of carbonyl (C=O) groups is 2. The molecule has 0 spiro atoms. The molecule has 1 rings (SSSR count). The SMILES string of the molecule is C=CCN(CCOC)C(=O)N(C)C1COCC1C(=O)O. The molecule has 1 aliphatic heterocycles. The molecule has 1 saturated heterocycles. The molecule has 1 fully saturated rings. The van der Waals surface area contributed by atoms with Gasteiger partial charge in [-0.05, 0) is 0 Å². The van der Waals surface area contributed by atoms with E-state index < -0.39 is 17.9 Å². The highest BCUT2D eigenvalue weighted by Gasteiger charge is 2.39. The van der Waals surface area contributed by atoms with Crippen LogP contribution < -0.4 is 0 Å². The van der Waals surface area contributed by atoms with Crippen molar-refractivity contribution in [2.75, 3.05) is 47.1 Å². The van der Waals surface area contributed by atoms with Crippen molar-refractivity contribution in [1.82, 2.24) is 9.80 Å². The second kappa shape index (κ2) is 7.86. The summed E-state index contributed by atoms with van der Waals surface area (Å²) in [5, 5.41) is 9.13. The summed E-state index contributed by atoms with van der Waals surface area (Å²) in [5.74, 6) is -1.63. The Labute approximate surface area is 118 Å². The topological polar surface area (TPSA) is 79.3 Å². The Hall–Kier alpha value is -1.60. The lowest BCUT2D eigenvalue weighted by molar-refractivity contribution is -0.142. The quantitative estimate of drug-likeness (QED) is 0.680. The van der Waals surface area contributed by atoms with Crippen LogP contribution >= 0.6 is 0 Å². The van der Waals surface area contributed by atoms with Crippen LogP contribution in [0.5, 0.6) is 0 Å². The maximum absolute atomic E-state index is 12.4. The Balaban J connectivity index is 2.71. The summed E-state index contributed by atoms with van der Waals surface area (Å²) in [6, 6.07) is -0.696. The van der Waals surface area contributed by atoms with Crippen molar-refractivity contribution >= 4 is 12.0 Å². The third-order valence-corrected chi connectivity index (χ3v) is 3.35. The van der Waals surface area contributed by atoms with Crippen molar-refractivity contribution in [3.8, 4) is 0 Å². The van der Waals surface area contributed by atoms with Gasteiger partial charge in [0.1, 0.15) is 5.92 Å². The second-order valence-corrected chi connectivity index (χ2v) is 4.67. The Morgan fingerprint density at radius 1 is 1.50 bits per heavy atom. The number of carboxylic acid groups (broad SMARTS) is 1. The number of amides is 2. The highest BCUT2D eigenvalue weighted by Crippen LogP contribution is 2.20. The van der Waals surface area contributed by atoms with E-state index in [9.17, 15) is 9.59 Å². The first-order valence-electron chi connectivity index (χ1n) is 6.45. The highest BCUT2D eigenvalue weighted by atomic mass is 16.5. The van der Waals surface area contributed by atoms with Crippen LogP contribution in [0.25, 0.3) is 0 Å². The molecule has 0 aromatic heterocycles. The molecular formula is C13H22N2O5. The van der Waals surface area contributed by atoms with Crippen molar-refractivity contribution in [3.05, 3.63) is 12.7 Å². The van der Waals surface area contributed by atoms with Gasteiger partial charge in [0.05, 0.1) is 25.9 Å². The van der Waals surface area contributed by atoms with Crippen LogP contribution in [-0.4, -0.2) is 80.0 Å². The number of rotatable bonds is 7. The number of ether oxygens (including phenoxy) is 2. The molecule has 1 aliphatic rings. The van der Waals surface area contributed by atoms with Crippen LogP contribution in [0.3, 0.4) is 0 Å². The van der Waals surface area contributed by atoms with Crippen LogP contribution in [0.15, 0.2) is 12.7 Å². The number of hydrogen-bond donors (Lipinski definition) is 1. The van der Waals surface area contributed by atoms with Gasteiger partial charge in [-0.3, -0.25) is 4.79 Å². The van der Waals surface area contributed by atoms with Gasteiger partial charge in [0.2, 0.25) is 0 Å². The monoisotopic (exact) mass is 286 g/mol. The zero-order valence-corrected chi connectivity index (χ0v) is 11.9. The number of likely N-dealkylation sites (N-methyl/N-ethyl adjacent to an activating group) is 1. The van der Waals surface area contributed by atoms with Crippen LogP contribution in [0.2, 0.25) is 0 Å². The van der Waals surface area contributed by atoms with Crippen LogP contribution in [0.4, 0.5) is 4.79 Å². The van der Waals surface area contributed by atoms with Crippen LogP contribution in [0, 0.1) is 5.92 Å². The number of carboxylic acids is 1. The largest absolute Gasteiger partial charge is 0.481 e. The van der Waals surface area contributed by atoms with E-state index in [1.54, 1.807) is 25.1 Å². The molecule has 20 heavy (non-hydrogen) atoms. The number of aliphatic carboxylic acids is 1. The lowest BCUT2D eigenvalue weighted by Crippen LogP contribution is -2.50. The van der Waals surface area contributed by atoms with Crippen molar-refractivity contribution < 1.29 is 24.2 Å². The number of carbonyl (C=O) groups excluding carboxylic acids is 1. The molecule has 0 radical (unpaired) electrons. The first-order chi connectivity index (χ1) is 9.52. The number of urea groups is 1. The maximum Gasteiger partial charge on any atom is 0.320 e. The summed E-state index contributed by atoms with van der Waals surface area (Å²) in [4.78, 5) is 26.5. The normalized spacial score (nSPS) is 21.5. The van der Waals surface area contributed by atoms with Crippen LogP contribution in [-0.2, 0) is 14.3 Å². The number of hydrogen-bond acceptors (Lipinski definition) is 4. The second-order valence-electron chi connectivity index (χ2n) is 4.67. The van der Waals surface area contributed by atoms with E-state index in [1.807, 2.05) is 0 Å². The van der Waals surface area contributed by atoms with Crippen molar-refractivity contribution in [2.24, 2.45) is 5.92 Å². The predicted octanol–water partition coefficient (Wildman–Crippen LogP) is 0.272. The minimum Gasteiger partial charge on any atom is -0.481 e. The summed E-state index contributed by atoms with van der Waals surface area (Å²) in [7, 11) is 3.16. The summed E-state index contributed by atoms with van der Waals surface area (Å²) in [6.45, 7) is 5.22. The molecule has 7 nitrogen and oxygen atoms in total.